The second-order valence-electron chi connectivity index (χ2n) is 4.74. The molecule has 112 valence electrons. The highest BCUT2D eigenvalue weighted by molar-refractivity contribution is 14.0. The van der Waals surface area contributed by atoms with Crippen LogP contribution in [0.1, 0.15) is 24.0 Å². The summed E-state index contributed by atoms with van der Waals surface area (Å²) in [5.74, 6) is 2.66. The first-order valence-electron chi connectivity index (χ1n) is 6.94. The molecule has 2 N–H and O–H groups in total. The molecule has 1 aliphatic carbocycles. The molecule has 20 heavy (non-hydrogen) atoms. The summed E-state index contributed by atoms with van der Waals surface area (Å²) < 4.78 is 0. The highest BCUT2D eigenvalue weighted by Crippen LogP contribution is 2.34. The van der Waals surface area contributed by atoms with Gasteiger partial charge in [0.2, 0.25) is 0 Å². The molecule has 1 aromatic rings. The number of hydrogen-bond acceptors (Lipinski definition) is 2. The Morgan fingerprint density at radius 3 is 2.85 bits per heavy atom. The zero-order valence-electron chi connectivity index (χ0n) is 12.2. The van der Waals surface area contributed by atoms with Gasteiger partial charge in [0.1, 0.15) is 0 Å². The minimum absolute atomic E-state index is 0. The van der Waals surface area contributed by atoms with Crippen molar-refractivity contribution < 1.29 is 0 Å². The predicted molar refractivity (Wildman–Crippen MR) is 101 cm³/mol. The van der Waals surface area contributed by atoms with Crippen molar-refractivity contribution >= 4 is 41.7 Å². The van der Waals surface area contributed by atoms with E-state index in [-0.39, 0.29) is 24.0 Å². The maximum absolute atomic E-state index is 4.69. The molecule has 1 aromatic carbocycles. The zero-order chi connectivity index (χ0) is 13.5. The molecule has 2 rings (SSSR count). The minimum atomic E-state index is 0. The van der Waals surface area contributed by atoms with E-state index >= 15 is 0 Å². The van der Waals surface area contributed by atoms with Crippen LogP contribution in [-0.4, -0.2) is 37.6 Å². The second kappa shape index (κ2) is 9.50. The number of fused-ring (bicyclic) bond motifs is 1. The van der Waals surface area contributed by atoms with Gasteiger partial charge in [0.15, 0.2) is 5.96 Å². The first kappa shape index (κ1) is 17.6. The molecule has 1 unspecified atom stereocenters. The average molecular weight is 405 g/mol. The van der Waals surface area contributed by atoms with Crippen LogP contribution < -0.4 is 10.6 Å². The third kappa shape index (κ3) is 4.84. The normalized spacial score (nSPS) is 16.7. The quantitative estimate of drug-likeness (QED) is 0.331. The van der Waals surface area contributed by atoms with Crippen molar-refractivity contribution in [1.82, 2.24) is 10.6 Å². The van der Waals surface area contributed by atoms with E-state index in [1.54, 1.807) is 0 Å². The number of rotatable bonds is 6. The Kier molecular flexibility index (Phi) is 8.37. The number of nitrogens with zero attached hydrogens (tertiary/aromatic N) is 1. The predicted octanol–water partition coefficient (Wildman–Crippen LogP) is 2.86. The fourth-order valence-electron chi connectivity index (χ4n) is 2.34. The van der Waals surface area contributed by atoms with Gasteiger partial charge in [0.05, 0.1) is 0 Å². The van der Waals surface area contributed by atoms with E-state index in [1.165, 1.54) is 17.5 Å². The van der Waals surface area contributed by atoms with Gasteiger partial charge in [-0.3, -0.25) is 4.99 Å². The van der Waals surface area contributed by atoms with Crippen LogP contribution in [0, 0.1) is 0 Å². The average Bonchev–Trinajstić information content (AvgIpc) is 2.40. The zero-order valence-corrected chi connectivity index (χ0v) is 15.3. The van der Waals surface area contributed by atoms with Gasteiger partial charge in [-0.1, -0.05) is 24.3 Å². The Morgan fingerprint density at radius 1 is 1.35 bits per heavy atom. The highest BCUT2D eigenvalue weighted by atomic mass is 127. The van der Waals surface area contributed by atoms with E-state index < -0.39 is 0 Å². The van der Waals surface area contributed by atoms with Crippen molar-refractivity contribution in [2.75, 3.05) is 31.6 Å². The van der Waals surface area contributed by atoms with Gasteiger partial charge in [0.25, 0.3) is 0 Å². The van der Waals surface area contributed by atoms with Crippen molar-refractivity contribution in [2.24, 2.45) is 4.99 Å². The number of benzene rings is 1. The van der Waals surface area contributed by atoms with Crippen LogP contribution in [0.25, 0.3) is 0 Å². The Labute approximate surface area is 143 Å². The lowest BCUT2D eigenvalue weighted by Crippen LogP contribution is -2.39. The van der Waals surface area contributed by atoms with E-state index in [9.17, 15) is 0 Å². The monoisotopic (exact) mass is 405 g/mol. The van der Waals surface area contributed by atoms with Crippen LogP contribution in [0.15, 0.2) is 29.3 Å². The highest BCUT2D eigenvalue weighted by Gasteiger charge is 2.24. The van der Waals surface area contributed by atoms with Gasteiger partial charge in [0, 0.05) is 31.3 Å². The second-order valence-corrected chi connectivity index (χ2v) is 5.72. The van der Waals surface area contributed by atoms with Crippen molar-refractivity contribution in [3.8, 4) is 0 Å². The number of aliphatic imine (C=N–C) groups is 1. The van der Waals surface area contributed by atoms with Gasteiger partial charge in [-0.2, -0.15) is 11.8 Å². The first-order valence-corrected chi connectivity index (χ1v) is 8.33. The van der Waals surface area contributed by atoms with E-state index in [4.69, 9.17) is 4.99 Å². The maximum atomic E-state index is 4.69. The van der Waals surface area contributed by atoms with Crippen molar-refractivity contribution in [3.63, 3.8) is 0 Å². The molecular weight excluding hydrogens is 381 g/mol. The van der Waals surface area contributed by atoms with E-state index in [1.807, 2.05) is 11.8 Å². The lowest BCUT2D eigenvalue weighted by molar-refractivity contribution is 0.615. The van der Waals surface area contributed by atoms with Crippen LogP contribution in [0.4, 0.5) is 0 Å². The molecule has 1 aliphatic rings. The van der Waals surface area contributed by atoms with Crippen molar-refractivity contribution in [3.05, 3.63) is 35.4 Å². The summed E-state index contributed by atoms with van der Waals surface area (Å²) >= 11 is 1.85. The molecule has 0 bridgehead atoms. The molecule has 5 heteroatoms. The first-order chi connectivity index (χ1) is 9.35. The summed E-state index contributed by atoms with van der Waals surface area (Å²) in [6, 6.07) is 8.69. The number of hydrogen-bond donors (Lipinski definition) is 2. The van der Waals surface area contributed by atoms with Gasteiger partial charge in [-0.25, -0.2) is 0 Å². The van der Waals surface area contributed by atoms with E-state index in [0.717, 1.165) is 31.3 Å². The molecule has 0 heterocycles. The molecule has 0 aromatic heterocycles. The Bertz CT molecular complexity index is 437. The third-order valence-electron chi connectivity index (χ3n) is 3.37. The maximum Gasteiger partial charge on any atom is 0.191 e. The molecule has 0 saturated carbocycles. The fraction of sp³-hybridized carbons (Fsp3) is 0.533. The summed E-state index contributed by atoms with van der Waals surface area (Å²) in [4.78, 5) is 4.69. The number of guanidine groups is 1. The SMILES string of the molecule is CCNC(=NCC1Cc2ccccc21)NCCSC.I. The van der Waals surface area contributed by atoms with Gasteiger partial charge in [-0.15, -0.1) is 24.0 Å². The summed E-state index contributed by atoms with van der Waals surface area (Å²) in [7, 11) is 0. The fourth-order valence-corrected chi connectivity index (χ4v) is 2.65. The largest absolute Gasteiger partial charge is 0.357 e. The van der Waals surface area contributed by atoms with Crippen molar-refractivity contribution in [1.29, 1.82) is 0 Å². The van der Waals surface area contributed by atoms with Crippen LogP contribution in [-0.2, 0) is 6.42 Å². The minimum Gasteiger partial charge on any atom is -0.357 e. The number of thioether (sulfide) groups is 1. The number of halogens is 1. The van der Waals surface area contributed by atoms with Crippen LogP contribution in [0.3, 0.4) is 0 Å². The molecule has 0 spiro atoms. The summed E-state index contributed by atoms with van der Waals surface area (Å²) in [6.07, 6.45) is 3.29. The van der Waals surface area contributed by atoms with Crippen LogP contribution in [0.5, 0.6) is 0 Å². The molecule has 0 radical (unpaired) electrons. The molecule has 0 aliphatic heterocycles. The number of nitrogens with one attached hydrogen (secondary N) is 2. The molecule has 0 fully saturated rings. The van der Waals surface area contributed by atoms with Gasteiger partial charge in [-0.05, 0) is 30.7 Å². The summed E-state index contributed by atoms with van der Waals surface area (Å²) in [6.45, 7) is 4.86. The summed E-state index contributed by atoms with van der Waals surface area (Å²) in [5, 5.41) is 6.67. The Balaban J connectivity index is 0.00000200. The lowest BCUT2D eigenvalue weighted by atomic mass is 9.78. The van der Waals surface area contributed by atoms with Crippen LogP contribution >= 0.6 is 35.7 Å². The molecule has 1 atom stereocenters. The molecular formula is C15H24IN3S. The molecule has 3 nitrogen and oxygen atoms in total. The Hall–Kier alpha value is -0.430. The van der Waals surface area contributed by atoms with E-state index in [0.29, 0.717) is 5.92 Å². The molecule has 0 amide bonds. The van der Waals surface area contributed by atoms with Crippen molar-refractivity contribution in [2.45, 2.75) is 19.3 Å². The topological polar surface area (TPSA) is 36.4 Å². The van der Waals surface area contributed by atoms with Gasteiger partial charge >= 0.3 is 0 Å². The van der Waals surface area contributed by atoms with Gasteiger partial charge < -0.3 is 10.6 Å². The Morgan fingerprint density at radius 2 is 2.15 bits per heavy atom. The smallest absolute Gasteiger partial charge is 0.191 e. The van der Waals surface area contributed by atoms with E-state index in [2.05, 4.69) is 48.1 Å². The van der Waals surface area contributed by atoms with Crippen LogP contribution in [0.2, 0.25) is 0 Å². The standard InChI is InChI=1S/C15H23N3S.HI/c1-3-16-15(17-8-9-19-2)18-11-13-10-12-6-4-5-7-14(12)13;/h4-7,13H,3,8-11H2,1-2H3,(H2,16,17,18);1H. The third-order valence-corrected chi connectivity index (χ3v) is 3.99. The summed E-state index contributed by atoms with van der Waals surface area (Å²) in [5.41, 5.74) is 2.97. The lowest BCUT2D eigenvalue weighted by Gasteiger charge is -2.28. The molecule has 0 saturated heterocycles.